The molecule has 0 atom stereocenters. The van der Waals surface area contributed by atoms with Crippen molar-refractivity contribution in [2.24, 2.45) is 0 Å². The molecule has 4 rings (SSSR count). The van der Waals surface area contributed by atoms with Crippen LogP contribution >= 0.6 is 0 Å². The minimum atomic E-state index is -1.33. The molecular weight excluding hydrogens is 407 g/mol. The Morgan fingerprint density at radius 3 is 2.58 bits per heavy atom. The van der Waals surface area contributed by atoms with Crippen molar-refractivity contribution in [3.63, 3.8) is 0 Å². The molecule has 0 saturated carbocycles. The van der Waals surface area contributed by atoms with Crippen LogP contribution in [-0.4, -0.2) is 16.1 Å². The molecule has 1 aliphatic carbocycles. The normalized spacial score (nSPS) is 13.5. The van der Waals surface area contributed by atoms with Crippen LogP contribution in [-0.2, 0) is 6.61 Å². The van der Waals surface area contributed by atoms with Crippen LogP contribution in [0.15, 0.2) is 54.7 Å². The molecule has 1 aliphatic rings. The summed E-state index contributed by atoms with van der Waals surface area (Å²) < 4.78 is 46.7. The number of allylic oxidation sites excluding steroid dienone is 2. The number of halogens is 3. The molecular formula is C24H18F3NO3. The SMILES string of the molecule is O=C(O)c1cc(C2=C(c3cccnc3OCc3ccc(F)cc3F)CCC2)ccc1F. The number of hydrogen-bond acceptors (Lipinski definition) is 3. The number of hydrogen-bond donors (Lipinski definition) is 1. The van der Waals surface area contributed by atoms with E-state index in [-0.39, 0.29) is 17.7 Å². The highest BCUT2D eigenvalue weighted by molar-refractivity contribution is 5.96. The van der Waals surface area contributed by atoms with Gasteiger partial charge in [0.2, 0.25) is 5.88 Å². The van der Waals surface area contributed by atoms with Gasteiger partial charge in [0.15, 0.2) is 0 Å². The second kappa shape index (κ2) is 8.63. The van der Waals surface area contributed by atoms with Gasteiger partial charge in [-0.05, 0) is 72.4 Å². The van der Waals surface area contributed by atoms with Crippen LogP contribution in [0.3, 0.4) is 0 Å². The van der Waals surface area contributed by atoms with Gasteiger partial charge >= 0.3 is 5.97 Å². The van der Waals surface area contributed by atoms with E-state index in [1.807, 2.05) is 6.07 Å². The molecule has 1 N–H and O–H groups in total. The van der Waals surface area contributed by atoms with Crippen molar-refractivity contribution < 1.29 is 27.8 Å². The Bertz CT molecular complexity index is 1190. The molecule has 1 heterocycles. The number of aromatic nitrogens is 1. The molecule has 31 heavy (non-hydrogen) atoms. The molecule has 2 aromatic carbocycles. The standard InChI is InChI=1S/C24H18F3NO3/c25-16-8-6-15(22(27)12-16)13-31-23-19(5-2-10-28-23)18-4-1-3-17(18)14-7-9-21(26)20(11-14)24(29)30/h2,5-12H,1,3-4,13H2,(H,29,30). The number of nitrogens with zero attached hydrogens (tertiary/aromatic N) is 1. The number of benzene rings is 2. The summed E-state index contributed by atoms with van der Waals surface area (Å²) in [5.41, 5.74) is 2.97. The van der Waals surface area contributed by atoms with Crippen LogP contribution in [0.4, 0.5) is 13.2 Å². The Morgan fingerprint density at radius 2 is 1.81 bits per heavy atom. The molecule has 158 valence electrons. The zero-order valence-corrected chi connectivity index (χ0v) is 16.4. The third kappa shape index (κ3) is 4.30. The van der Waals surface area contributed by atoms with Crippen molar-refractivity contribution in [3.05, 3.63) is 94.4 Å². The molecule has 0 fully saturated rings. The third-order valence-corrected chi connectivity index (χ3v) is 5.24. The lowest BCUT2D eigenvalue weighted by molar-refractivity contribution is 0.0692. The lowest BCUT2D eigenvalue weighted by atomic mass is 9.96. The first kappa shape index (κ1) is 20.7. The summed E-state index contributed by atoms with van der Waals surface area (Å²) in [5.74, 6) is -3.19. The van der Waals surface area contributed by atoms with Crippen molar-refractivity contribution in [2.75, 3.05) is 0 Å². The van der Waals surface area contributed by atoms with Crippen LogP contribution in [0.25, 0.3) is 11.1 Å². The highest BCUT2D eigenvalue weighted by Crippen LogP contribution is 2.42. The average Bonchev–Trinajstić information content (AvgIpc) is 3.23. The summed E-state index contributed by atoms with van der Waals surface area (Å²) in [7, 11) is 0. The van der Waals surface area contributed by atoms with E-state index in [1.54, 1.807) is 18.3 Å². The van der Waals surface area contributed by atoms with Crippen molar-refractivity contribution in [2.45, 2.75) is 25.9 Å². The fourth-order valence-corrected chi connectivity index (χ4v) is 3.76. The third-order valence-electron chi connectivity index (χ3n) is 5.24. The van der Waals surface area contributed by atoms with Gasteiger partial charge in [-0.15, -0.1) is 0 Å². The Kier molecular flexibility index (Phi) is 5.75. The fourth-order valence-electron chi connectivity index (χ4n) is 3.76. The van der Waals surface area contributed by atoms with E-state index >= 15 is 0 Å². The zero-order chi connectivity index (χ0) is 22.0. The molecule has 0 amide bonds. The summed E-state index contributed by atoms with van der Waals surface area (Å²) in [6.45, 7) is -0.127. The maximum Gasteiger partial charge on any atom is 0.338 e. The van der Waals surface area contributed by atoms with E-state index in [9.17, 15) is 23.1 Å². The van der Waals surface area contributed by atoms with E-state index in [2.05, 4.69) is 4.98 Å². The van der Waals surface area contributed by atoms with Crippen molar-refractivity contribution in [3.8, 4) is 5.88 Å². The first-order valence-corrected chi connectivity index (χ1v) is 9.71. The highest BCUT2D eigenvalue weighted by atomic mass is 19.1. The molecule has 0 radical (unpaired) electrons. The average molecular weight is 425 g/mol. The smallest absolute Gasteiger partial charge is 0.338 e. The van der Waals surface area contributed by atoms with Gasteiger partial charge in [0.1, 0.15) is 24.1 Å². The Balaban J connectivity index is 1.69. The number of carbonyl (C=O) groups is 1. The first-order chi connectivity index (χ1) is 14.9. The Labute approximate surface area is 176 Å². The molecule has 7 heteroatoms. The second-order valence-corrected chi connectivity index (χ2v) is 7.19. The van der Waals surface area contributed by atoms with Gasteiger partial charge in [0.25, 0.3) is 0 Å². The van der Waals surface area contributed by atoms with Gasteiger partial charge in [-0.3, -0.25) is 0 Å². The monoisotopic (exact) mass is 425 g/mol. The van der Waals surface area contributed by atoms with E-state index in [0.29, 0.717) is 29.8 Å². The number of aromatic carboxylic acids is 1. The van der Waals surface area contributed by atoms with Crippen LogP contribution in [0, 0.1) is 17.5 Å². The molecule has 0 aliphatic heterocycles. The van der Waals surface area contributed by atoms with Gasteiger partial charge in [0.05, 0.1) is 5.56 Å². The second-order valence-electron chi connectivity index (χ2n) is 7.19. The van der Waals surface area contributed by atoms with Gasteiger partial charge in [-0.25, -0.2) is 22.9 Å². The van der Waals surface area contributed by atoms with Gasteiger partial charge in [0, 0.05) is 23.4 Å². The van der Waals surface area contributed by atoms with E-state index < -0.39 is 23.4 Å². The van der Waals surface area contributed by atoms with Crippen LogP contribution in [0.1, 0.15) is 46.3 Å². The summed E-state index contributed by atoms with van der Waals surface area (Å²) >= 11 is 0. The van der Waals surface area contributed by atoms with Gasteiger partial charge in [-0.2, -0.15) is 0 Å². The summed E-state index contributed by atoms with van der Waals surface area (Å²) in [5, 5.41) is 9.24. The predicted molar refractivity (Wildman–Crippen MR) is 109 cm³/mol. The van der Waals surface area contributed by atoms with Crippen molar-refractivity contribution in [1.82, 2.24) is 4.98 Å². The number of pyridine rings is 1. The molecule has 1 aromatic heterocycles. The lowest BCUT2D eigenvalue weighted by Gasteiger charge is -2.14. The van der Waals surface area contributed by atoms with Crippen molar-refractivity contribution in [1.29, 1.82) is 0 Å². The Morgan fingerprint density at radius 1 is 1.00 bits per heavy atom. The largest absolute Gasteiger partial charge is 0.478 e. The van der Waals surface area contributed by atoms with Gasteiger partial charge in [-0.1, -0.05) is 6.07 Å². The van der Waals surface area contributed by atoms with Crippen molar-refractivity contribution >= 4 is 17.1 Å². The molecule has 4 nitrogen and oxygen atoms in total. The van der Waals surface area contributed by atoms with E-state index in [1.165, 1.54) is 12.1 Å². The molecule has 0 unspecified atom stereocenters. The summed E-state index contributed by atoms with van der Waals surface area (Å²) in [6, 6.07) is 10.9. The number of carboxylic acid groups (broad SMARTS) is 1. The fraction of sp³-hybridized carbons (Fsp3) is 0.167. The van der Waals surface area contributed by atoms with E-state index in [4.69, 9.17) is 4.74 Å². The number of rotatable bonds is 6. The molecule has 0 bridgehead atoms. The number of ether oxygens (including phenoxy) is 1. The maximum absolute atomic E-state index is 13.9. The minimum Gasteiger partial charge on any atom is -0.478 e. The van der Waals surface area contributed by atoms with Crippen LogP contribution in [0.5, 0.6) is 5.88 Å². The number of carboxylic acids is 1. The quantitative estimate of drug-likeness (QED) is 0.537. The molecule has 3 aromatic rings. The molecule has 0 saturated heterocycles. The van der Waals surface area contributed by atoms with Crippen LogP contribution in [0.2, 0.25) is 0 Å². The Hall–Kier alpha value is -3.61. The van der Waals surface area contributed by atoms with Gasteiger partial charge < -0.3 is 9.84 Å². The van der Waals surface area contributed by atoms with Crippen LogP contribution < -0.4 is 4.74 Å². The first-order valence-electron chi connectivity index (χ1n) is 9.71. The summed E-state index contributed by atoms with van der Waals surface area (Å²) in [4.78, 5) is 15.6. The highest BCUT2D eigenvalue weighted by Gasteiger charge is 2.23. The summed E-state index contributed by atoms with van der Waals surface area (Å²) in [6.07, 6.45) is 3.80. The topological polar surface area (TPSA) is 59.4 Å². The lowest BCUT2D eigenvalue weighted by Crippen LogP contribution is -2.03. The minimum absolute atomic E-state index is 0.127. The predicted octanol–water partition coefficient (Wildman–Crippen LogP) is 5.87. The molecule has 0 spiro atoms. The zero-order valence-electron chi connectivity index (χ0n) is 16.4. The maximum atomic E-state index is 13.9. The van der Waals surface area contributed by atoms with E-state index in [0.717, 1.165) is 35.8 Å².